The number of hydrogen-bond donors (Lipinski definition) is 0. The maximum atomic E-state index is 13.4. The predicted octanol–water partition coefficient (Wildman–Crippen LogP) is 10.0. The molecule has 0 heterocycles. The van der Waals surface area contributed by atoms with Crippen LogP contribution in [0.2, 0.25) is 0 Å². The van der Waals surface area contributed by atoms with Gasteiger partial charge in [0.15, 0.2) is 0 Å². The van der Waals surface area contributed by atoms with E-state index in [-0.39, 0.29) is 37.7 Å². The SMILES string of the molecule is O=C(OCCN(CCOC(=O)c1ccccc1C1CCCCC1)CCOC(=O)c1ccccc1C1CCCCC1)c1ccccc1C1CCCCC1. The third kappa shape index (κ3) is 10.3. The average Bonchev–Trinajstić information content (AvgIpc) is 3.21. The average molecular weight is 708 g/mol. The van der Waals surface area contributed by atoms with Crippen molar-refractivity contribution in [2.24, 2.45) is 0 Å². The van der Waals surface area contributed by atoms with Crippen molar-refractivity contribution >= 4 is 17.9 Å². The van der Waals surface area contributed by atoms with E-state index in [4.69, 9.17) is 14.2 Å². The Hall–Kier alpha value is -3.97. The fourth-order valence-electron chi connectivity index (χ4n) is 8.73. The molecular formula is C45H57NO6. The Morgan fingerprint density at radius 2 is 0.692 bits per heavy atom. The maximum absolute atomic E-state index is 13.4. The van der Waals surface area contributed by atoms with Gasteiger partial charge in [0.25, 0.3) is 0 Å². The highest BCUT2D eigenvalue weighted by Gasteiger charge is 2.25. The van der Waals surface area contributed by atoms with Crippen LogP contribution in [-0.2, 0) is 14.2 Å². The fourth-order valence-corrected chi connectivity index (χ4v) is 8.73. The largest absolute Gasteiger partial charge is 0.461 e. The van der Waals surface area contributed by atoms with Crippen molar-refractivity contribution in [3.63, 3.8) is 0 Å². The van der Waals surface area contributed by atoms with E-state index in [1.807, 2.05) is 59.5 Å². The zero-order valence-electron chi connectivity index (χ0n) is 30.9. The number of carbonyl (C=O) groups is 3. The van der Waals surface area contributed by atoms with Crippen molar-refractivity contribution in [1.29, 1.82) is 0 Å². The molecule has 0 aliphatic heterocycles. The molecule has 0 bridgehead atoms. The van der Waals surface area contributed by atoms with Crippen LogP contribution in [0, 0.1) is 0 Å². The monoisotopic (exact) mass is 707 g/mol. The first kappa shape index (κ1) is 37.8. The first-order chi connectivity index (χ1) is 25.6. The predicted molar refractivity (Wildman–Crippen MR) is 204 cm³/mol. The summed E-state index contributed by atoms with van der Waals surface area (Å²) in [5, 5.41) is 0. The van der Waals surface area contributed by atoms with E-state index in [1.165, 1.54) is 57.8 Å². The standard InChI is InChI=1S/C45H57NO6/c47-43(40-25-13-10-22-37(40)34-16-4-1-5-17-34)50-31-28-46(29-32-51-44(48)41-26-14-11-23-38(41)35-18-6-2-7-19-35)30-33-52-45(49)42-27-15-12-24-39(42)36-20-8-3-9-21-36/h10-15,22-27,34-36H,1-9,16-21,28-33H2. The van der Waals surface area contributed by atoms with Gasteiger partial charge < -0.3 is 14.2 Å². The molecule has 3 aliphatic carbocycles. The van der Waals surface area contributed by atoms with Gasteiger partial charge in [0.05, 0.1) is 16.7 Å². The lowest BCUT2D eigenvalue weighted by atomic mass is 9.82. The highest BCUT2D eigenvalue weighted by Crippen LogP contribution is 2.37. The quantitative estimate of drug-likeness (QED) is 0.115. The van der Waals surface area contributed by atoms with Gasteiger partial charge in [0, 0.05) is 19.6 Å². The molecule has 7 nitrogen and oxygen atoms in total. The maximum Gasteiger partial charge on any atom is 0.338 e. The minimum atomic E-state index is -0.308. The second-order valence-electron chi connectivity index (χ2n) is 15.0. The first-order valence-corrected chi connectivity index (χ1v) is 20.1. The number of benzene rings is 3. The molecule has 0 saturated heterocycles. The number of esters is 3. The Kier molecular flexibility index (Phi) is 14.3. The van der Waals surface area contributed by atoms with Crippen LogP contribution in [0.4, 0.5) is 0 Å². The molecule has 6 rings (SSSR count). The molecule has 0 N–H and O–H groups in total. The Balaban J connectivity index is 1.06. The molecule has 7 heteroatoms. The summed E-state index contributed by atoms with van der Waals surface area (Å²) in [7, 11) is 0. The summed E-state index contributed by atoms with van der Waals surface area (Å²) in [5.74, 6) is 0.257. The van der Waals surface area contributed by atoms with Gasteiger partial charge in [-0.3, -0.25) is 4.90 Å². The summed E-state index contributed by atoms with van der Waals surface area (Å²) in [6, 6.07) is 23.5. The molecule has 0 amide bonds. The van der Waals surface area contributed by atoms with Gasteiger partial charge in [-0.15, -0.1) is 0 Å². The topological polar surface area (TPSA) is 82.1 Å². The second-order valence-corrected chi connectivity index (χ2v) is 15.0. The van der Waals surface area contributed by atoms with E-state index < -0.39 is 0 Å². The van der Waals surface area contributed by atoms with Crippen molar-refractivity contribution < 1.29 is 28.6 Å². The van der Waals surface area contributed by atoms with Gasteiger partial charge in [0.1, 0.15) is 19.8 Å². The molecule has 0 spiro atoms. The van der Waals surface area contributed by atoms with E-state index in [0.717, 1.165) is 55.2 Å². The van der Waals surface area contributed by atoms with Gasteiger partial charge in [-0.1, -0.05) is 112 Å². The molecule has 0 aromatic heterocycles. The lowest BCUT2D eigenvalue weighted by molar-refractivity contribution is 0.0329. The van der Waals surface area contributed by atoms with E-state index in [9.17, 15) is 14.4 Å². The smallest absolute Gasteiger partial charge is 0.338 e. The lowest BCUT2D eigenvalue weighted by Gasteiger charge is -2.25. The number of carbonyl (C=O) groups excluding carboxylic acids is 3. The van der Waals surface area contributed by atoms with Crippen LogP contribution in [0.5, 0.6) is 0 Å². The molecular weight excluding hydrogens is 650 g/mol. The van der Waals surface area contributed by atoms with Gasteiger partial charge in [0.2, 0.25) is 0 Å². The second kappa shape index (κ2) is 19.8. The fraction of sp³-hybridized carbons (Fsp3) is 0.533. The van der Waals surface area contributed by atoms with Gasteiger partial charge in [-0.25, -0.2) is 14.4 Å². The van der Waals surface area contributed by atoms with Crippen LogP contribution in [0.1, 0.15) is 162 Å². The van der Waals surface area contributed by atoms with Gasteiger partial charge in [-0.05, 0) is 91.2 Å². The molecule has 3 aliphatic rings. The van der Waals surface area contributed by atoms with Crippen LogP contribution in [0.15, 0.2) is 72.8 Å². The van der Waals surface area contributed by atoms with Crippen LogP contribution in [-0.4, -0.2) is 62.3 Å². The van der Waals surface area contributed by atoms with Crippen LogP contribution in [0.25, 0.3) is 0 Å². The number of rotatable bonds is 15. The number of nitrogens with zero attached hydrogens (tertiary/aromatic N) is 1. The van der Waals surface area contributed by atoms with Crippen LogP contribution >= 0.6 is 0 Å². The highest BCUT2D eigenvalue weighted by atomic mass is 16.5. The summed E-state index contributed by atoms with van der Waals surface area (Å²) >= 11 is 0. The molecule has 3 aromatic rings. The molecule has 278 valence electrons. The number of hydrogen-bond acceptors (Lipinski definition) is 7. The molecule has 0 atom stereocenters. The van der Waals surface area contributed by atoms with Crippen molar-refractivity contribution in [3.8, 4) is 0 Å². The Labute approximate surface area is 310 Å². The Bertz CT molecular complexity index is 1410. The van der Waals surface area contributed by atoms with Crippen LogP contribution < -0.4 is 0 Å². The first-order valence-electron chi connectivity index (χ1n) is 20.1. The van der Waals surface area contributed by atoms with E-state index >= 15 is 0 Å². The van der Waals surface area contributed by atoms with Crippen molar-refractivity contribution in [2.45, 2.75) is 114 Å². The molecule has 3 fully saturated rings. The molecule has 0 radical (unpaired) electrons. The zero-order valence-corrected chi connectivity index (χ0v) is 30.9. The zero-order chi connectivity index (χ0) is 36.0. The normalized spacial score (nSPS) is 17.5. The Morgan fingerprint density at radius 1 is 0.423 bits per heavy atom. The van der Waals surface area contributed by atoms with Crippen LogP contribution in [0.3, 0.4) is 0 Å². The van der Waals surface area contributed by atoms with Crippen molar-refractivity contribution in [2.75, 3.05) is 39.5 Å². The molecule has 52 heavy (non-hydrogen) atoms. The molecule has 3 aromatic carbocycles. The van der Waals surface area contributed by atoms with E-state index in [2.05, 4.69) is 18.2 Å². The molecule has 3 saturated carbocycles. The highest BCUT2D eigenvalue weighted by molar-refractivity contribution is 5.92. The summed E-state index contributed by atoms with van der Waals surface area (Å²) in [5.41, 5.74) is 5.21. The third-order valence-electron chi connectivity index (χ3n) is 11.6. The summed E-state index contributed by atoms with van der Waals surface area (Å²) < 4.78 is 17.6. The van der Waals surface area contributed by atoms with E-state index in [1.54, 1.807) is 0 Å². The summed E-state index contributed by atoms with van der Waals surface area (Å²) in [6.07, 6.45) is 17.5. The third-order valence-corrected chi connectivity index (χ3v) is 11.6. The van der Waals surface area contributed by atoms with Gasteiger partial charge >= 0.3 is 17.9 Å². The minimum Gasteiger partial charge on any atom is -0.461 e. The summed E-state index contributed by atoms with van der Waals surface area (Å²) in [4.78, 5) is 42.1. The minimum absolute atomic E-state index is 0.175. The van der Waals surface area contributed by atoms with Crippen molar-refractivity contribution in [3.05, 3.63) is 106 Å². The van der Waals surface area contributed by atoms with E-state index in [0.29, 0.717) is 54.1 Å². The number of ether oxygens (including phenoxy) is 3. The summed E-state index contributed by atoms with van der Waals surface area (Å²) in [6.45, 7) is 1.79. The lowest BCUT2D eigenvalue weighted by Crippen LogP contribution is -2.35. The van der Waals surface area contributed by atoms with Gasteiger partial charge in [-0.2, -0.15) is 0 Å². The molecule has 0 unspecified atom stereocenters. The Morgan fingerprint density at radius 3 is 0.981 bits per heavy atom. The van der Waals surface area contributed by atoms with Crippen molar-refractivity contribution in [1.82, 2.24) is 4.90 Å².